The van der Waals surface area contributed by atoms with Crippen LogP contribution in [0.5, 0.6) is 0 Å². The third-order valence-electron chi connectivity index (χ3n) is 6.67. The van der Waals surface area contributed by atoms with Crippen LogP contribution in [-0.2, 0) is 10.3 Å². The van der Waals surface area contributed by atoms with E-state index in [1.54, 1.807) is 36.2 Å². The van der Waals surface area contributed by atoms with Crippen LogP contribution in [0, 0.1) is 21.8 Å². The second-order valence-electron chi connectivity index (χ2n) is 8.33. The summed E-state index contributed by atoms with van der Waals surface area (Å²) in [6.07, 6.45) is 2.98. The zero-order chi connectivity index (χ0) is 23.3. The van der Waals surface area contributed by atoms with E-state index in [1.807, 2.05) is 0 Å². The van der Waals surface area contributed by atoms with Crippen molar-refractivity contribution in [3.05, 3.63) is 99.6 Å². The fourth-order valence-corrected chi connectivity index (χ4v) is 5.28. The minimum Gasteiger partial charge on any atom is -0.324 e. The summed E-state index contributed by atoms with van der Waals surface area (Å²) in [4.78, 5) is 44.1. The Bertz CT molecular complexity index is 1300. The molecule has 1 N–H and O–H groups in total. The molecule has 1 amide bonds. The molecule has 3 aromatic rings. The molecule has 2 aliphatic heterocycles. The van der Waals surface area contributed by atoms with Gasteiger partial charge < -0.3 is 5.32 Å². The predicted molar refractivity (Wildman–Crippen MR) is 117 cm³/mol. The van der Waals surface area contributed by atoms with Gasteiger partial charge in [0.2, 0.25) is 5.91 Å². The van der Waals surface area contributed by atoms with E-state index >= 15 is 0 Å². The van der Waals surface area contributed by atoms with Crippen molar-refractivity contribution in [1.29, 1.82) is 0 Å². The molecule has 2 aromatic carbocycles. The summed E-state index contributed by atoms with van der Waals surface area (Å²) >= 11 is 0. The molecule has 0 radical (unpaired) electrons. The third-order valence-corrected chi connectivity index (χ3v) is 6.67. The number of Topliss-reactive ketones (excluding diaryl/α,β-unsaturated/α-hetero) is 1. The van der Waals surface area contributed by atoms with Crippen molar-refractivity contribution in [2.75, 3.05) is 18.9 Å². The summed E-state index contributed by atoms with van der Waals surface area (Å²) in [5.74, 6) is -2.76. The first kappa shape index (κ1) is 20.9. The van der Waals surface area contributed by atoms with E-state index < -0.39 is 34.0 Å². The largest absolute Gasteiger partial charge is 0.324 e. The van der Waals surface area contributed by atoms with E-state index in [4.69, 9.17) is 0 Å². The predicted octanol–water partition coefficient (Wildman–Crippen LogP) is 3.50. The van der Waals surface area contributed by atoms with Gasteiger partial charge in [0.05, 0.1) is 10.8 Å². The molecule has 2 aliphatic rings. The summed E-state index contributed by atoms with van der Waals surface area (Å²) in [5, 5.41) is 14.2. The van der Waals surface area contributed by atoms with Crippen LogP contribution in [0.15, 0.2) is 67.0 Å². The molecule has 0 unspecified atom stereocenters. The molecular formula is C24H19FN4O4. The molecule has 9 heteroatoms. The Kier molecular flexibility index (Phi) is 4.79. The van der Waals surface area contributed by atoms with E-state index in [1.165, 1.54) is 42.7 Å². The Hall–Kier alpha value is -3.98. The van der Waals surface area contributed by atoms with Crippen LogP contribution in [0.4, 0.5) is 15.8 Å². The highest BCUT2D eigenvalue weighted by molar-refractivity contribution is 6.12. The number of nitrogens with one attached hydrogen (secondary N) is 1. The van der Waals surface area contributed by atoms with E-state index in [0.29, 0.717) is 22.4 Å². The van der Waals surface area contributed by atoms with Gasteiger partial charge in [-0.05, 0) is 42.9 Å². The summed E-state index contributed by atoms with van der Waals surface area (Å²) in [6.45, 7) is 0.270. The molecule has 8 nitrogen and oxygen atoms in total. The summed E-state index contributed by atoms with van der Waals surface area (Å²) in [7, 11) is 1.71. The van der Waals surface area contributed by atoms with Gasteiger partial charge in [0.25, 0.3) is 5.69 Å². The maximum absolute atomic E-state index is 14.3. The third kappa shape index (κ3) is 3.04. The van der Waals surface area contributed by atoms with Crippen molar-refractivity contribution < 1.29 is 18.9 Å². The second kappa shape index (κ2) is 7.56. The Balaban J connectivity index is 1.74. The smallest absolute Gasteiger partial charge is 0.269 e. The minimum absolute atomic E-state index is 0.103. The lowest BCUT2D eigenvalue weighted by molar-refractivity contribution is -0.384. The molecule has 3 atom stereocenters. The maximum Gasteiger partial charge on any atom is 0.269 e. The van der Waals surface area contributed by atoms with Crippen molar-refractivity contribution in [1.82, 2.24) is 9.88 Å². The maximum atomic E-state index is 14.3. The van der Waals surface area contributed by atoms with Crippen LogP contribution in [0.1, 0.15) is 27.4 Å². The zero-order valence-electron chi connectivity index (χ0n) is 17.6. The number of amides is 1. The van der Waals surface area contributed by atoms with Gasteiger partial charge in [-0.1, -0.05) is 12.1 Å². The Labute approximate surface area is 188 Å². The molecule has 0 aliphatic carbocycles. The lowest BCUT2D eigenvalue weighted by Crippen LogP contribution is -2.51. The van der Waals surface area contributed by atoms with Crippen molar-refractivity contribution in [3.8, 4) is 0 Å². The summed E-state index contributed by atoms with van der Waals surface area (Å²) in [6, 6.07) is 13.3. The minimum atomic E-state index is -1.47. The van der Waals surface area contributed by atoms with Crippen molar-refractivity contribution in [2.45, 2.75) is 11.5 Å². The van der Waals surface area contributed by atoms with Crippen LogP contribution in [-0.4, -0.2) is 40.1 Å². The number of carbonyl (C=O) groups excluding carboxylic acids is 2. The van der Waals surface area contributed by atoms with Crippen molar-refractivity contribution in [2.24, 2.45) is 5.92 Å². The van der Waals surface area contributed by atoms with Crippen molar-refractivity contribution in [3.63, 3.8) is 0 Å². The Morgan fingerprint density at radius 2 is 1.97 bits per heavy atom. The first-order valence-corrected chi connectivity index (χ1v) is 10.4. The number of nitro groups is 1. The van der Waals surface area contributed by atoms with Crippen LogP contribution >= 0.6 is 0 Å². The van der Waals surface area contributed by atoms with Gasteiger partial charge in [-0.2, -0.15) is 0 Å². The fourth-order valence-electron chi connectivity index (χ4n) is 5.28. The van der Waals surface area contributed by atoms with Crippen LogP contribution < -0.4 is 5.32 Å². The molecule has 3 heterocycles. The molecule has 0 saturated carbocycles. The number of likely N-dealkylation sites (tertiary alicyclic amines) is 1. The Morgan fingerprint density at radius 1 is 1.21 bits per heavy atom. The first-order chi connectivity index (χ1) is 15.8. The van der Waals surface area contributed by atoms with E-state index in [0.717, 1.165) is 0 Å². The second-order valence-corrected chi connectivity index (χ2v) is 8.33. The number of pyridine rings is 1. The van der Waals surface area contributed by atoms with Crippen LogP contribution in [0.25, 0.3) is 0 Å². The quantitative estimate of drug-likeness (QED) is 0.374. The molecular weight excluding hydrogens is 427 g/mol. The summed E-state index contributed by atoms with van der Waals surface area (Å²) in [5.41, 5.74) is 0.188. The zero-order valence-corrected chi connectivity index (χ0v) is 17.6. The number of hydrogen-bond acceptors (Lipinski definition) is 6. The topological polar surface area (TPSA) is 105 Å². The van der Waals surface area contributed by atoms with Gasteiger partial charge in [0.1, 0.15) is 11.4 Å². The molecule has 1 saturated heterocycles. The molecule has 1 aromatic heterocycles. The molecule has 1 spiro atoms. The molecule has 0 bridgehead atoms. The number of benzene rings is 2. The number of ketones is 1. The number of halogens is 1. The molecule has 1 fully saturated rings. The SMILES string of the molecule is CN1C[C@@H](c2cccc([N+](=O)[O-])c2)[C@H](C(=O)c2ccncc2)[C@]12C(=O)Nc1ccc(F)cc12. The van der Waals surface area contributed by atoms with E-state index in [-0.39, 0.29) is 18.0 Å². The van der Waals surface area contributed by atoms with E-state index in [9.17, 15) is 24.1 Å². The number of fused-ring (bicyclic) bond motifs is 2. The molecule has 5 rings (SSSR count). The lowest BCUT2D eigenvalue weighted by atomic mass is 9.70. The highest BCUT2D eigenvalue weighted by atomic mass is 19.1. The van der Waals surface area contributed by atoms with Gasteiger partial charge in [-0.3, -0.25) is 29.6 Å². The van der Waals surface area contributed by atoms with Crippen molar-refractivity contribution >= 4 is 23.1 Å². The first-order valence-electron chi connectivity index (χ1n) is 10.4. The average Bonchev–Trinajstić information content (AvgIpc) is 3.29. The van der Waals surface area contributed by atoms with Gasteiger partial charge >= 0.3 is 0 Å². The highest BCUT2D eigenvalue weighted by Gasteiger charge is 2.64. The van der Waals surface area contributed by atoms with Gasteiger partial charge in [0.15, 0.2) is 5.78 Å². The van der Waals surface area contributed by atoms with Crippen LogP contribution in [0.2, 0.25) is 0 Å². The normalized spacial score (nSPS) is 24.0. The number of carbonyl (C=O) groups is 2. The Morgan fingerprint density at radius 3 is 2.70 bits per heavy atom. The fraction of sp³-hybridized carbons (Fsp3) is 0.208. The van der Waals surface area contributed by atoms with Gasteiger partial charge in [0, 0.05) is 53.8 Å². The number of non-ortho nitro benzene ring substituents is 1. The van der Waals surface area contributed by atoms with E-state index in [2.05, 4.69) is 10.3 Å². The number of nitrogens with zero attached hydrogens (tertiary/aromatic N) is 3. The number of anilines is 1. The number of hydrogen-bond donors (Lipinski definition) is 1. The standard InChI is InChI=1S/C24H19FN4O4/c1-28-13-18(15-3-2-4-17(11-15)29(32)33)21(22(30)14-7-9-26-10-8-14)24(28)19-12-16(25)5-6-20(19)27-23(24)31/h2-12,18,21H,13H2,1H3,(H,27,31)/t18-,21+,24+/m0/s1. The van der Waals surface area contributed by atoms with Gasteiger partial charge in [-0.25, -0.2) is 4.39 Å². The molecule has 166 valence electrons. The average molecular weight is 446 g/mol. The number of nitro benzene ring substituents is 1. The summed E-state index contributed by atoms with van der Waals surface area (Å²) < 4.78 is 14.3. The van der Waals surface area contributed by atoms with Gasteiger partial charge in [-0.15, -0.1) is 0 Å². The molecule has 33 heavy (non-hydrogen) atoms. The monoisotopic (exact) mass is 446 g/mol. The number of rotatable bonds is 4. The van der Waals surface area contributed by atoms with Crippen LogP contribution in [0.3, 0.4) is 0 Å². The number of aromatic nitrogens is 1. The number of likely N-dealkylation sites (N-methyl/N-ethyl adjacent to an activating group) is 1. The lowest BCUT2D eigenvalue weighted by Gasteiger charge is -2.35. The highest BCUT2D eigenvalue weighted by Crippen LogP contribution is 2.55.